The van der Waals surface area contributed by atoms with Gasteiger partial charge >= 0.3 is 0 Å². The second kappa shape index (κ2) is 9.41. The average Bonchev–Trinajstić information content (AvgIpc) is 3.28. The zero-order chi connectivity index (χ0) is 23.4. The fraction of sp³-hybridized carbons (Fsp3) is 0.208. The minimum absolute atomic E-state index is 0.0526. The number of hydrogen-bond donors (Lipinski definition) is 2. The third-order valence-electron chi connectivity index (χ3n) is 5.09. The van der Waals surface area contributed by atoms with Crippen molar-refractivity contribution >= 4 is 21.6 Å². The standard InChI is InChI=1S/C24H24N2O6S/c1-3-30-20-9-7-19(8-10-20)26-33(28,29)21-11-4-17(5-12-21)24(27)25-16(2)18-6-13-22-23(14-18)32-15-31-22/h4-14,16,26H,3,15H2,1-2H3,(H,25,27). The summed E-state index contributed by atoms with van der Waals surface area (Å²) in [5.41, 5.74) is 1.63. The molecule has 0 fully saturated rings. The monoisotopic (exact) mass is 468 g/mol. The van der Waals surface area contributed by atoms with Crippen LogP contribution in [0.5, 0.6) is 17.2 Å². The van der Waals surface area contributed by atoms with Gasteiger partial charge in [-0.3, -0.25) is 9.52 Å². The van der Waals surface area contributed by atoms with Gasteiger partial charge in [0.05, 0.1) is 17.5 Å². The Kier molecular flexibility index (Phi) is 6.41. The normalized spacial score (nSPS) is 13.3. The number of rotatable bonds is 8. The van der Waals surface area contributed by atoms with Crippen LogP contribution in [0.4, 0.5) is 5.69 Å². The van der Waals surface area contributed by atoms with Gasteiger partial charge in [0.2, 0.25) is 6.79 Å². The number of carbonyl (C=O) groups is 1. The number of benzene rings is 3. The summed E-state index contributed by atoms with van der Waals surface area (Å²) < 4.78 is 43.9. The number of sulfonamides is 1. The highest BCUT2D eigenvalue weighted by Crippen LogP contribution is 2.34. The second-order valence-electron chi connectivity index (χ2n) is 7.40. The highest BCUT2D eigenvalue weighted by Gasteiger charge is 2.19. The van der Waals surface area contributed by atoms with Gasteiger partial charge in [0.25, 0.3) is 15.9 Å². The second-order valence-corrected chi connectivity index (χ2v) is 9.08. The van der Waals surface area contributed by atoms with E-state index in [-0.39, 0.29) is 23.6 Å². The van der Waals surface area contributed by atoms with Crippen LogP contribution in [0.25, 0.3) is 0 Å². The van der Waals surface area contributed by atoms with Gasteiger partial charge in [-0.15, -0.1) is 0 Å². The van der Waals surface area contributed by atoms with E-state index in [4.69, 9.17) is 14.2 Å². The molecule has 3 aromatic rings. The van der Waals surface area contributed by atoms with Crippen molar-refractivity contribution in [2.45, 2.75) is 24.8 Å². The SMILES string of the molecule is CCOc1ccc(NS(=O)(=O)c2ccc(C(=O)NC(C)c3ccc4c(c3)OCO4)cc2)cc1. The summed E-state index contributed by atoms with van der Waals surface area (Å²) in [4.78, 5) is 12.7. The predicted octanol–water partition coefficient (Wildman–Crippen LogP) is 4.11. The molecule has 4 rings (SSSR count). The molecule has 0 spiro atoms. The number of amides is 1. The third kappa shape index (κ3) is 5.20. The maximum Gasteiger partial charge on any atom is 0.261 e. The van der Waals surface area contributed by atoms with Crippen molar-refractivity contribution in [2.24, 2.45) is 0 Å². The van der Waals surface area contributed by atoms with E-state index in [1.807, 2.05) is 26.0 Å². The largest absolute Gasteiger partial charge is 0.494 e. The lowest BCUT2D eigenvalue weighted by atomic mass is 10.1. The van der Waals surface area contributed by atoms with Crippen molar-refractivity contribution in [2.75, 3.05) is 18.1 Å². The number of fused-ring (bicyclic) bond motifs is 1. The molecular weight excluding hydrogens is 444 g/mol. The Morgan fingerprint density at radius 2 is 1.70 bits per heavy atom. The summed E-state index contributed by atoms with van der Waals surface area (Å²) in [5, 5.41) is 2.91. The van der Waals surface area contributed by atoms with Crippen LogP contribution in [-0.2, 0) is 10.0 Å². The highest BCUT2D eigenvalue weighted by atomic mass is 32.2. The van der Waals surface area contributed by atoms with E-state index >= 15 is 0 Å². The minimum atomic E-state index is -3.80. The van der Waals surface area contributed by atoms with Crippen LogP contribution in [-0.4, -0.2) is 27.7 Å². The van der Waals surface area contributed by atoms with Gasteiger partial charge in [-0.05, 0) is 80.1 Å². The van der Waals surface area contributed by atoms with Crippen LogP contribution in [0.1, 0.15) is 35.8 Å². The number of anilines is 1. The van der Waals surface area contributed by atoms with Gasteiger partial charge in [0.15, 0.2) is 11.5 Å². The molecule has 9 heteroatoms. The van der Waals surface area contributed by atoms with E-state index in [2.05, 4.69) is 10.0 Å². The lowest BCUT2D eigenvalue weighted by molar-refractivity contribution is 0.0939. The van der Waals surface area contributed by atoms with Crippen molar-refractivity contribution in [3.05, 3.63) is 77.9 Å². The molecule has 1 atom stereocenters. The van der Waals surface area contributed by atoms with Crippen molar-refractivity contribution in [1.82, 2.24) is 5.32 Å². The summed E-state index contributed by atoms with van der Waals surface area (Å²) in [6.45, 7) is 4.44. The maximum absolute atomic E-state index is 12.7. The number of carbonyl (C=O) groups excluding carboxylic acids is 1. The Morgan fingerprint density at radius 1 is 1.00 bits per heavy atom. The molecular formula is C24H24N2O6S. The molecule has 33 heavy (non-hydrogen) atoms. The van der Waals surface area contributed by atoms with Crippen LogP contribution >= 0.6 is 0 Å². The van der Waals surface area contributed by atoms with E-state index in [1.54, 1.807) is 30.3 Å². The van der Waals surface area contributed by atoms with Gasteiger partial charge in [0.1, 0.15) is 5.75 Å². The topological polar surface area (TPSA) is 103 Å². The van der Waals surface area contributed by atoms with E-state index in [0.717, 1.165) is 5.56 Å². The van der Waals surface area contributed by atoms with Crippen LogP contribution in [0.3, 0.4) is 0 Å². The Hall–Kier alpha value is -3.72. The molecule has 0 saturated heterocycles. The first-order valence-corrected chi connectivity index (χ1v) is 11.9. The summed E-state index contributed by atoms with van der Waals surface area (Å²) in [5.74, 6) is 1.66. The predicted molar refractivity (Wildman–Crippen MR) is 123 cm³/mol. The van der Waals surface area contributed by atoms with Crippen LogP contribution < -0.4 is 24.2 Å². The van der Waals surface area contributed by atoms with E-state index < -0.39 is 10.0 Å². The molecule has 0 radical (unpaired) electrons. The summed E-state index contributed by atoms with van der Waals surface area (Å²) in [7, 11) is -3.80. The van der Waals surface area contributed by atoms with Crippen LogP contribution in [0.15, 0.2) is 71.6 Å². The first-order valence-electron chi connectivity index (χ1n) is 10.4. The molecule has 1 amide bonds. The molecule has 2 N–H and O–H groups in total. The minimum Gasteiger partial charge on any atom is -0.494 e. The fourth-order valence-electron chi connectivity index (χ4n) is 3.33. The summed E-state index contributed by atoms with van der Waals surface area (Å²) in [6, 6.07) is 17.6. The molecule has 0 saturated carbocycles. The molecule has 0 aliphatic carbocycles. The van der Waals surface area contributed by atoms with Gasteiger partial charge in [-0.2, -0.15) is 0 Å². The van der Waals surface area contributed by atoms with Crippen molar-refractivity contribution in [3.63, 3.8) is 0 Å². The first-order chi connectivity index (χ1) is 15.9. The van der Waals surface area contributed by atoms with E-state index in [0.29, 0.717) is 35.1 Å². The summed E-state index contributed by atoms with van der Waals surface area (Å²) >= 11 is 0. The molecule has 0 aromatic heterocycles. The first kappa shape index (κ1) is 22.5. The smallest absolute Gasteiger partial charge is 0.261 e. The number of nitrogens with one attached hydrogen (secondary N) is 2. The van der Waals surface area contributed by atoms with Gasteiger partial charge in [-0.1, -0.05) is 6.07 Å². The molecule has 1 unspecified atom stereocenters. The van der Waals surface area contributed by atoms with Crippen molar-refractivity contribution in [1.29, 1.82) is 0 Å². The molecule has 3 aromatic carbocycles. The molecule has 8 nitrogen and oxygen atoms in total. The highest BCUT2D eigenvalue weighted by molar-refractivity contribution is 7.92. The lowest BCUT2D eigenvalue weighted by Crippen LogP contribution is -2.26. The average molecular weight is 469 g/mol. The number of hydrogen-bond acceptors (Lipinski definition) is 6. The molecule has 0 bridgehead atoms. The Morgan fingerprint density at radius 3 is 2.39 bits per heavy atom. The van der Waals surface area contributed by atoms with Crippen LogP contribution in [0.2, 0.25) is 0 Å². The zero-order valence-electron chi connectivity index (χ0n) is 18.2. The van der Waals surface area contributed by atoms with E-state index in [1.165, 1.54) is 24.3 Å². The molecule has 172 valence electrons. The van der Waals surface area contributed by atoms with Crippen molar-refractivity contribution < 1.29 is 27.4 Å². The molecule has 1 aliphatic rings. The quantitative estimate of drug-likeness (QED) is 0.516. The van der Waals surface area contributed by atoms with Gasteiger partial charge in [-0.25, -0.2) is 8.42 Å². The Labute approximate surface area is 192 Å². The summed E-state index contributed by atoms with van der Waals surface area (Å²) in [6.07, 6.45) is 0. The van der Waals surface area contributed by atoms with Gasteiger partial charge in [0, 0.05) is 11.3 Å². The van der Waals surface area contributed by atoms with E-state index in [9.17, 15) is 13.2 Å². The lowest BCUT2D eigenvalue weighted by Gasteiger charge is -2.15. The van der Waals surface area contributed by atoms with Gasteiger partial charge < -0.3 is 19.5 Å². The fourth-order valence-corrected chi connectivity index (χ4v) is 4.39. The van der Waals surface area contributed by atoms with Crippen molar-refractivity contribution in [3.8, 4) is 17.2 Å². The molecule has 1 aliphatic heterocycles. The Balaban J connectivity index is 1.40. The third-order valence-corrected chi connectivity index (χ3v) is 6.49. The Bertz CT molecular complexity index is 1240. The number of ether oxygens (including phenoxy) is 3. The zero-order valence-corrected chi connectivity index (χ0v) is 19.0. The van der Waals surface area contributed by atoms with Crippen LogP contribution in [0, 0.1) is 0 Å². The maximum atomic E-state index is 12.7. The molecule has 1 heterocycles.